The number of likely N-dealkylation sites (N-methyl/N-ethyl adjacent to an activating group) is 1. The summed E-state index contributed by atoms with van der Waals surface area (Å²) in [7, 11) is 5.79. The van der Waals surface area contributed by atoms with Gasteiger partial charge in [0.2, 0.25) is 0 Å². The largest absolute Gasteiger partial charge is 0.497 e. The molecule has 1 N–H and O–H groups in total. The molecule has 4 nitrogen and oxygen atoms in total. The van der Waals surface area contributed by atoms with E-state index in [1.165, 1.54) is 5.56 Å². The van der Waals surface area contributed by atoms with Crippen molar-refractivity contribution in [3.05, 3.63) is 29.8 Å². The predicted molar refractivity (Wildman–Crippen MR) is 77.1 cm³/mol. The standard InChI is InChI=1S/C15H23N3O/c1-12(9-16)10-17-11-15(18(2)3)13-6-5-7-14(8-13)19-4/h5-8,12,15,17H,10-11H2,1-4H3. The first-order valence-corrected chi connectivity index (χ1v) is 6.49. The average molecular weight is 261 g/mol. The van der Waals surface area contributed by atoms with E-state index in [1.807, 2.05) is 19.1 Å². The Morgan fingerprint density at radius 1 is 1.37 bits per heavy atom. The molecule has 0 fully saturated rings. The minimum atomic E-state index is 0.0353. The molecule has 0 saturated carbocycles. The highest BCUT2D eigenvalue weighted by atomic mass is 16.5. The van der Waals surface area contributed by atoms with Crippen LogP contribution in [0.1, 0.15) is 18.5 Å². The summed E-state index contributed by atoms with van der Waals surface area (Å²) in [5.41, 5.74) is 1.21. The quantitative estimate of drug-likeness (QED) is 0.816. The number of hydrogen-bond donors (Lipinski definition) is 1. The second-order valence-corrected chi connectivity index (χ2v) is 4.94. The number of hydrogen-bond acceptors (Lipinski definition) is 4. The first-order valence-electron chi connectivity index (χ1n) is 6.49. The van der Waals surface area contributed by atoms with Gasteiger partial charge in [0.1, 0.15) is 5.75 Å². The van der Waals surface area contributed by atoms with Gasteiger partial charge in [-0.25, -0.2) is 0 Å². The van der Waals surface area contributed by atoms with Gasteiger partial charge in [0.05, 0.1) is 19.1 Å². The molecule has 0 radical (unpaired) electrons. The van der Waals surface area contributed by atoms with Gasteiger partial charge in [0.15, 0.2) is 0 Å². The third kappa shape index (κ3) is 4.90. The SMILES string of the molecule is COc1cccc(C(CNCC(C)C#N)N(C)C)c1. The highest BCUT2D eigenvalue weighted by Crippen LogP contribution is 2.22. The van der Waals surface area contributed by atoms with Crippen molar-refractivity contribution in [3.8, 4) is 11.8 Å². The van der Waals surface area contributed by atoms with Crippen molar-refractivity contribution in [1.82, 2.24) is 10.2 Å². The zero-order chi connectivity index (χ0) is 14.3. The fourth-order valence-corrected chi connectivity index (χ4v) is 1.93. The van der Waals surface area contributed by atoms with Gasteiger partial charge in [-0.05, 0) is 38.7 Å². The van der Waals surface area contributed by atoms with E-state index in [0.717, 1.165) is 12.3 Å². The van der Waals surface area contributed by atoms with Gasteiger partial charge in [0, 0.05) is 19.1 Å². The maximum atomic E-state index is 8.78. The summed E-state index contributed by atoms with van der Waals surface area (Å²) >= 11 is 0. The van der Waals surface area contributed by atoms with Gasteiger partial charge in [0.25, 0.3) is 0 Å². The molecule has 0 aromatic heterocycles. The lowest BCUT2D eigenvalue weighted by Crippen LogP contribution is -2.33. The molecular weight excluding hydrogens is 238 g/mol. The van der Waals surface area contributed by atoms with Gasteiger partial charge in [-0.3, -0.25) is 0 Å². The smallest absolute Gasteiger partial charge is 0.119 e. The Labute approximate surface area is 116 Å². The van der Waals surface area contributed by atoms with Crippen LogP contribution in [0.25, 0.3) is 0 Å². The number of rotatable bonds is 7. The van der Waals surface area contributed by atoms with Crippen LogP contribution in [0.3, 0.4) is 0 Å². The molecule has 2 atom stereocenters. The highest BCUT2D eigenvalue weighted by Gasteiger charge is 2.14. The molecule has 1 aromatic carbocycles. The highest BCUT2D eigenvalue weighted by molar-refractivity contribution is 5.30. The molecule has 0 heterocycles. The second kappa shape index (κ2) is 7.78. The Morgan fingerprint density at radius 2 is 2.11 bits per heavy atom. The van der Waals surface area contributed by atoms with E-state index in [9.17, 15) is 0 Å². The molecule has 2 unspecified atom stereocenters. The number of nitrogens with one attached hydrogen (secondary N) is 1. The Bertz CT molecular complexity index is 426. The molecule has 0 aliphatic rings. The number of nitriles is 1. The zero-order valence-electron chi connectivity index (χ0n) is 12.2. The lowest BCUT2D eigenvalue weighted by Gasteiger charge is -2.25. The molecule has 0 aliphatic carbocycles. The predicted octanol–water partition coefficient (Wildman–Crippen LogP) is 2.05. The molecule has 1 rings (SSSR count). The van der Waals surface area contributed by atoms with Crippen LogP contribution in [0.5, 0.6) is 5.75 Å². The van der Waals surface area contributed by atoms with Crippen molar-refractivity contribution >= 4 is 0 Å². The molecular formula is C15H23N3O. The van der Waals surface area contributed by atoms with Gasteiger partial charge in [-0.2, -0.15) is 5.26 Å². The maximum Gasteiger partial charge on any atom is 0.119 e. The van der Waals surface area contributed by atoms with Crippen LogP contribution in [-0.4, -0.2) is 39.2 Å². The van der Waals surface area contributed by atoms with E-state index >= 15 is 0 Å². The molecule has 19 heavy (non-hydrogen) atoms. The molecule has 0 aliphatic heterocycles. The lowest BCUT2D eigenvalue weighted by molar-refractivity contribution is 0.286. The lowest BCUT2D eigenvalue weighted by atomic mass is 10.1. The minimum Gasteiger partial charge on any atom is -0.497 e. The van der Waals surface area contributed by atoms with Crippen LogP contribution in [0.2, 0.25) is 0 Å². The normalized spacial score (nSPS) is 13.9. The Morgan fingerprint density at radius 3 is 2.68 bits per heavy atom. The van der Waals surface area contributed by atoms with Crippen LogP contribution >= 0.6 is 0 Å². The van der Waals surface area contributed by atoms with Crippen molar-refractivity contribution < 1.29 is 4.74 Å². The topological polar surface area (TPSA) is 48.3 Å². The summed E-state index contributed by atoms with van der Waals surface area (Å²) in [5.74, 6) is 0.905. The van der Waals surface area contributed by atoms with Crippen LogP contribution in [0.15, 0.2) is 24.3 Å². The van der Waals surface area contributed by atoms with Gasteiger partial charge in [-0.15, -0.1) is 0 Å². The zero-order valence-corrected chi connectivity index (χ0v) is 12.2. The van der Waals surface area contributed by atoms with Gasteiger partial charge in [-0.1, -0.05) is 12.1 Å². The monoisotopic (exact) mass is 261 g/mol. The molecule has 0 bridgehead atoms. The average Bonchev–Trinajstić information content (AvgIpc) is 2.42. The third-order valence-corrected chi connectivity index (χ3v) is 3.11. The van der Waals surface area contributed by atoms with Crippen molar-refractivity contribution in [2.24, 2.45) is 5.92 Å². The molecule has 104 valence electrons. The van der Waals surface area contributed by atoms with E-state index in [2.05, 4.69) is 42.5 Å². The van der Waals surface area contributed by atoms with Crippen LogP contribution in [0, 0.1) is 17.2 Å². The van der Waals surface area contributed by atoms with E-state index < -0.39 is 0 Å². The van der Waals surface area contributed by atoms with E-state index in [4.69, 9.17) is 10.00 Å². The number of benzene rings is 1. The summed E-state index contributed by atoms with van der Waals surface area (Å²) in [4.78, 5) is 2.17. The molecule has 1 aromatic rings. The van der Waals surface area contributed by atoms with E-state index in [1.54, 1.807) is 7.11 Å². The number of methoxy groups -OCH3 is 1. The van der Waals surface area contributed by atoms with Gasteiger partial charge >= 0.3 is 0 Å². The first-order chi connectivity index (χ1) is 9.08. The van der Waals surface area contributed by atoms with Crippen molar-refractivity contribution in [1.29, 1.82) is 5.26 Å². The minimum absolute atomic E-state index is 0.0353. The van der Waals surface area contributed by atoms with Crippen molar-refractivity contribution in [3.63, 3.8) is 0 Å². The summed E-state index contributed by atoms with van der Waals surface area (Å²) in [6.45, 7) is 3.44. The Hall–Kier alpha value is -1.57. The van der Waals surface area contributed by atoms with Crippen LogP contribution in [0.4, 0.5) is 0 Å². The van der Waals surface area contributed by atoms with E-state index in [-0.39, 0.29) is 12.0 Å². The second-order valence-electron chi connectivity index (χ2n) is 4.94. The van der Waals surface area contributed by atoms with E-state index in [0.29, 0.717) is 6.54 Å². The van der Waals surface area contributed by atoms with Crippen LogP contribution < -0.4 is 10.1 Å². The Kier molecular flexibility index (Phi) is 6.34. The summed E-state index contributed by atoms with van der Waals surface area (Å²) in [5, 5.41) is 12.1. The fourth-order valence-electron chi connectivity index (χ4n) is 1.93. The van der Waals surface area contributed by atoms with Crippen molar-refractivity contribution in [2.75, 3.05) is 34.3 Å². The Balaban J connectivity index is 2.69. The molecule has 0 saturated heterocycles. The molecule has 0 spiro atoms. The maximum absolute atomic E-state index is 8.78. The van der Waals surface area contributed by atoms with Gasteiger partial charge < -0.3 is 15.0 Å². The molecule has 0 amide bonds. The summed E-state index contributed by atoms with van der Waals surface area (Å²) < 4.78 is 5.26. The summed E-state index contributed by atoms with van der Waals surface area (Å²) in [6, 6.07) is 10.6. The number of ether oxygens (including phenoxy) is 1. The van der Waals surface area contributed by atoms with Crippen LogP contribution in [-0.2, 0) is 0 Å². The first kappa shape index (κ1) is 15.5. The van der Waals surface area contributed by atoms with Crippen molar-refractivity contribution in [2.45, 2.75) is 13.0 Å². The number of nitrogens with zero attached hydrogens (tertiary/aromatic N) is 2. The summed E-state index contributed by atoms with van der Waals surface area (Å²) in [6.07, 6.45) is 0. The molecule has 4 heteroatoms. The third-order valence-electron chi connectivity index (χ3n) is 3.11. The fraction of sp³-hybridized carbons (Fsp3) is 0.533.